The van der Waals surface area contributed by atoms with Crippen molar-refractivity contribution in [2.24, 2.45) is 0 Å². The zero-order valence-corrected chi connectivity index (χ0v) is 17.6. The van der Waals surface area contributed by atoms with Gasteiger partial charge in [-0.25, -0.2) is 14.8 Å². The van der Waals surface area contributed by atoms with Crippen LogP contribution in [0.1, 0.15) is 21.7 Å². The molecular weight excluding hydrogens is 469 g/mol. The third-order valence-electron chi connectivity index (χ3n) is 4.45. The number of aromatic nitrogens is 2. The number of nitrogen functional groups attached to an aromatic ring is 1. The van der Waals surface area contributed by atoms with Crippen LogP contribution in [0.3, 0.4) is 0 Å². The zero-order chi connectivity index (χ0) is 22.9. The number of rotatable bonds is 5. The molecule has 166 valence electrons. The van der Waals surface area contributed by atoms with Crippen LogP contribution in [0.15, 0.2) is 48.5 Å². The number of thiol groups is 1. The molecule has 0 atom stereocenters. The number of halogens is 3. The Morgan fingerprint density at radius 3 is 2.22 bits per heavy atom. The van der Waals surface area contributed by atoms with Crippen molar-refractivity contribution in [1.29, 1.82) is 0 Å². The molecule has 0 bridgehead atoms. The maximum absolute atomic E-state index is 13.3. The van der Waals surface area contributed by atoms with E-state index in [1.807, 2.05) is 0 Å². The Balaban J connectivity index is 1.78. The summed E-state index contributed by atoms with van der Waals surface area (Å²) in [5.74, 6) is -2.41. The zero-order valence-electron chi connectivity index (χ0n) is 15.9. The highest BCUT2D eigenvalue weighted by Gasteiger charge is 2.36. The van der Waals surface area contributed by atoms with E-state index in [1.165, 1.54) is 29.5 Å². The summed E-state index contributed by atoms with van der Waals surface area (Å²) in [6.45, 7) is 0.349. The largest absolute Gasteiger partial charge is 0.451 e. The van der Waals surface area contributed by atoms with E-state index in [-0.39, 0.29) is 22.6 Å². The number of hydrogen-bond acceptors (Lipinski definition) is 10. The average molecular weight is 482 g/mol. The first-order chi connectivity index (χ1) is 15.3. The molecule has 2 N–H and O–H groups in total. The molecule has 0 aliphatic carbocycles. The Labute approximate surface area is 189 Å². The molecule has 1 fully saturated rings. The van der Waals surface area contributed by atoms with Crippen molar-refractivity contribution in [1.82, 2.24) is 15.2 Å². The van der Waals surface area contributed by atoms with Gasteiger partial charge in [0.15, 0.2) is 0 Å². The van der Waals surface area contributed by atoms with Gasteiger partial charge < -0.3 is 9.92 Å². The molecule has 13 heteroatoms. The predicted octanol–water partition coefficient (Wildman–Crippen LogP) is 4.66. The molecule has 2 heterocycles. The van der Waals surface area contributed by atoms with Gasteiger partial charge in [0.05, 0.1) is 23.4 Å². The van der Waals surface area contributed by atoms with E-state index < -0.39 is 18.0 Å². The van der Waals surface area contributed by atoms with Gasteiger partial charge in [-0.15, -0.1) is 0 Å². The van der Waals surface area contributed by atoms with Gasteiger partial charge in [-0.05, 0) is 28.5 Å². The maximum atomic E-state index is 13.3. The first kappa shape index (κ1) is 22.4. The smallest absolute Gasteiger partial charge is 0.391 e. The molecule has 4 rings (SSSR count). The van der Waals surface area contributed by atoms with E-state index in [4.69, 9.17) is 14.3 Å². The first-order valence-electron chi connectivity index (χ1n) is 8.85. The highest BCUT2D eigenvalue weighted by Crippen LogP contribution is 2.38. The predicted molar refractivity (Wildman–Crippen MR) is 112 cm³/mol. The van der Waals surface area contributed by atoms with E-state index >= 15 is 0 Å². The fourth-order valence-corrected chi connectivity index (χ4v) is 3.33. The van der Waals surface area contributed by atoms with Crippen LogP contribution in [0.2, 0.25) is 0 Å². The summed E-state index contributed by atoms with van der Waals surface area (Å²) in [5, 5.41) is 1.26. The van der Waals surface area contributed by atoms with Gasteiger partial charge >= 0.3 is 12.1 Å². The minimum atomic E-state index is -4.80. The van der Waals surface area contributed by atoms with Crippen LogP contribution in [0.5, 0.6) is 0 Å². The van der Waals surface area contributed by atoms with Crippen LogP contribution in [0, 0.1) is 0 Å². The molecule has 0 radical (unpaired) electrons. The van der Waals surface area contributed by atoms with E-state index in [9.17, 15) is 18.0 Å². The maximum Gasteiger partial charge on any atom is 0.451 e. The third-order valence-corrected chi connectivity index (χ3v) is 5.07. The lowest BCUT2D eigenvalue weighted by Crippen LogP contribution is -2.26. The lowest BCUT2D eigenvalue weighted by atomic mass is 9.98. The summed E-state index contributed by atoms with van der Waals surface area (Å²) >= 11 is 4.29. The minimum absolute atomic E-state index is 0.0332. The molecule has 0 unspecified atom stereocenters. The van der Waals surface area contributed by atoms with Gasteiger partial charge in [0, 0.05) is 18.5 Å². The van der Waals surface area contributed by atoms with Crippen molar-refractivity contribution in [3.05, 3.63) is 65.5 Å². The second-order valence-electron chi connectivity index (χ2n) is 6.51. The fourth-order valence-electron chi connectivity index (χ4n) is 2.97. The highest BCUT2D eigenvalue weighted by molar-refractivity contribution is 7.90. The molecule has 0 amide bonds. The summed E-state index contributed by atoms with van der Waals surface area (Å²) in [6.07, 6.45) is -4.80. The summed E-state index contributed by atoms with van der Waals surface area (Å²) in [5.41, 5.74) is 7.95. The van der Waals surface area contributed by atoms with Crippen LogP contribution in [-0.2, 0) is 25.5 Å². The summed E-state index contributed by atoms with van der Waals surface area (Å²) in [6, 6.07) is 12.5. The Bertz CT molecular complexity index is 1140. The molecule has 0 saturated carbocycles. The van der Waals surface area contributed by atoms with Crippen LogP contribution >= 0.6 is 25.2 Å². The number of hydrogen-bond donors (Lipinski definition) is 2. The van der Waals surface area contributed by atoms with Crippen molar-refractivity contribution in [3.8, 4) is 22.4 Å². The molecule has 1 aliphatic heterocycles. The monoisotopic (exact) mass is 482 g/mol. The SMILES string of the molecule is Nc1nc(C(F)(F)F)nc(-c2ccc(C(=O)OS)cc2)c1-c1ccc(CN2OSO2)cc1. The Morgan fingerprint density at radius 2 is 1.69 bits per heavy atom. The number of carbonyl (C=O) groups is 1. The number of anilines is 1. The molecule has 0 spiro atoms. The molecule has 8 nitrogen and oxygen atoms in total. The van der Waals surface area contributed by atoms with Gasteiger partial charge in [0.2, 0.25) is 18.1 Å². The molecule has 32 heavy (non-hydrogen) atoms. The topological polar surface area (TPSA) is 99.8 Å². The lowest BCUT2D eigenvalue weighted by molar-refractivity contribution is -0.309. The standard InChI is InChI=1S/C19H13F3N4O4S2/c20-19(21,22)18-24-15(12-5-7-13(8-6-12)17(27)28-31)14(16(23)25-18)11-3-1-10(2-4-11)9-26-29-32-30-26/h1-8,31H,9H2,(H2,23,24,25). The number of nitrogens with zero attached hydrogens (tertiary/aromatic N) is 3. The second kappa shape index (κ2) is 8.96. The summed E-state index contributed by atoms with van der Waals surface area (Å²) in [7, 11) is 0. The van der Waals surface area contributed by atoms with Crippen molar-refractivity contribution in [2.45, 2.75) is 12.7 Å². The van der Waals surface area contributed by atoms with Crippen molar-refractivity contribution < 1.29 is 30.7 Å². The number of benzene rings is 2. The van der Waals surface area contributed by atoms with E-state index in [0.717, 1.165) is 17.9 Å². The quantitative estimate of drug-likeness (QED) is 0.397. The minimum Gasteiger partial charge on any atom is -0.391 e. The molecule has 1 aromatic heterocycles. The first-order valence-corrected chi connectivity index (χ1v) is 9.88. The number of nitrogens with two attached hydrogens (primary N) is 1. The van der Waals surface area contributed by atoms with Gasteiger partial charge in [-0.1, -0.05) is 36.4 Å². The van der Waals surface area contributed by atoms with Gasteiger partial charge in [-0.2, -0.15) is 21.7 Å². The van der Waals surface area contributed by atoms with E-state index in [1.54, 1.807) is 24.3 Å². The second-order valence-corrected chi connectivity index (χ2v) is 7.13. The summed E-state index contributed by atoms with van der Waals surface area (Å²) in [4.78, 5) is 18.8. The van der Waals surface area contributed by atoms with E-state index in [2.05, 4.69) is 27.1 Å². The van der Waals surface area contributed by atoms with Crippen LogP contribution in [-0.4, -0.2) is 21.2 Å². The third kappa shape index (κ3) is 4.66. The number of carbonyl (C=O) groups excluding carboxylic acids is 1. The van der Waals surface area contributed by atoms with E-state index in [0.29, 0.717) is 17.7 Å². The highest BCUT2D eigenvalue weighted by atomic mass is 32.2. The summed E-state index contributed by atoms with van der Waals surface area (Å²) < 4.78 is 54.3. The van der Waals surface area contributed by atoms with Gasteiger partial charge in [-0.3, -0.25) is 0 Å². The number of alkyl halides is 3. The fraction of sp³-hybridized carbons (Fsp3) is 0.105. The molecule has 1 aliphatic rings. The number of hydroxylamine groups is 2. The van der Waals surface area contributed by atoms with Crippen LogP contribution in [0.25, 0.3) is 22.4 Å². The normalized spacial score (nSPS) is 14.1. The van der Waals surface area contributed by atoms with Gasteiger partial charge in [0.25, 0.3) is 0 Å². The lowest BCUT2D eigenvalue weighted by Gasteiger charge is -2.24. The van der Waals surface area contributed by atoms with Crippen LogP contribution < -0.4 is 5.73 Å². The molecule has 3 aromatic rings. The van der Waals surface area contributed by atoms with Crippen molar-refractivity contribution in [3.63, 3.8) is 0 Å². The average Bonchev–Trinajstić information content (AvgIpc) is 2.75. The van der Waals surface area contributed by atoms with Crippen LogP contribution in [0.4, 0.5) is 19.0 Å². The Hall–Kier alpha value is -2.84. The molecular formula is C19H13F3N4O4S2. The Kier molecular flexibility index (Phi) is 6.26. The van der Waals surface area contributed by atoms with Crippen molar-refractivity contribution >= 4 is 37.0 Å². The Morgan fingerprint density at radius 1 is 1.06 bits per heavy atom. The van der Waals surface area contributed by atoms with Gasteiger partial charge in [0.1, 0.15) is 5.82 Å². The molecule has 2 aromatic carbocycles. The van der Waals surface area contributed by atoms with Crippen molar-refractivity contribution in [2.75, 3.05) is 5.73 Å². The molecule has 1 saturated heterocycles.